The maximum Gasteiger partial charge on any atom is 0.243 e. The van der Waals surface area contributed by atoms with Crippen molar-refractivity contribution in [1.29, 1.82) is 0 Å². The van der Waals surface area contributed by atoms with Crippen molar-refractivity contribution in [3.63, 3.8) is 0 Å². The lowest BCUT2D eigenvalue weighted by Gasteiger charge is -2.33. The van der Waals surface area contributed by atoms with Gasteiger partial charge in [-0.05, 0) is 31.2 Å². The number of anilines is 1. The number of sulfonamides is 1. The molecular formula is C15H23BrN3O3S+. The highest BCUT2D eigenvalue weighted by molar-refractivity contribution is 9.10. The Bertz CT molecular complexity index is 640. The van der Waals surface area contributed by atoms with Crippen molar-refractivity contribution < 1.29 is 18.1 Å². The van der Waals surface area contributed by atoms with E-state index in [0.29, 0.717) is 18.8 Å². The largest absolute Gasteiger partial charge is 0.332 e. The van der Waals surface area contributed by atoms with Crippen LogP contribution in [-0.4, -0.2) is 64.7 Å². The van der Waals surface area contributed by atoms with E-state index in [2.05, 4.69) is 22.9 Å². The molecular weight excluding hydrogens is 382 g/mol. The lowest BCUT2D eigenvalue weighted by Crippen LogP contribution is -3.14. The van der Waals surface area contributed by atoms with Gasteiger partial charge in [0.2, 0.25) is 15.9 Å². The minimum absolute atomic E-state index is 0.145. The Hall–Kier alpha value is -1.12. The topological polar surface area (TPSA) is 62.1 Å². The summed E-state index contributed by atoms with van der Waals surface area (Å²) in [5, 5.41) is 0. The van der Waals surface area contributed by atoms with Crippen molar-refractivity contribution in [2.24, 2.45) is 0 Å². The summed E-state index contributed by atoms with van der Waals surface area (Å²) in [4.78, 5) is 15.7. The molecule has 0 spiro atoms. The van der Waals surface area contributed by atoms with Crippen LogP contribution in [-0.2, 0) is 14.8 Å². The van der Waals surface area contributed by atoms with Crippen molar-refractivity contribution in [3.8, 4) is 0 Å². The first kappa shape index (κ1) is 18.2. The lowest BCUT2D eigenvalue weighted by atomic mass is 10.3. The average molecular weight is 405 g/mol. The van der Waals surface area contributed by atoms with Crippen LogP contribution < -0.4 is 9.21 Å². The fourth-order valence-electron chi connectivity index (χ4n) is 2.66. The van der Waals surface area contributed by atoms with E-state index in [0.717, 1.165) is 30.4 Å². The van der Waals surface area contributed by atoms with Crippen molar-refractivity contribution >= 4 is 37.5 Å². The van der Waals surface area contributed by atoms with Crippen LogP contribution in [0.3, 0.4) is 0 Å². The molecule has 1 heterocycles. The SMILES string of the molecule is CC[NH+]1CCN(C(=O)CN(c2ccc(Br)cc2)S(C)(=O)=O)CC1. The molecule has 0 unspecified atom stereocenters. The van der Waals surface area contributed by atoms with Crippen LogP contribution >= 0.6 is 15.9 Å². The summed E-state index contributed by atoms with van der Waals surface area (Å²) >= 11 is 3.33. The van der Waals surface area contributed by atoms with Gasteiger partial charge in [-0.2, -0.15) is 0 Å². The Labute approximate surface area is 146 Å². The van der Waals surface area contributed by atoms with Gasteiger partial charge in [0.25, 0.3) is 0 Å². The number of benzene rings is 1. The first-order chi connectivity index (χ1) is 10.8. The lowest BCUT2D eigenvalue weighted by molar-refractivity contribution is -0.902. The van der Waals surface area contributed by atoms with E-state index in [1.54, 1.807) is 29.2 Å². The van der Waals surface area contributed by atoms with Crippen LogP contribution in [0.25, 0.3) is 0 Å². The molecule has 1 aliphatic rings. The molecule has 23 heavy (non-hydrogen) atoms. The number of nitrogens with zero attached hydrogens (tertiary/aromatic N) is 2. The number of piperazine rings is 1. The molecule has 1 aromatic rings. The first-order valence-corrected chi connectivity index (χ1v) is 10.3. The highest BCUT2D eigenvalue weighted by Gasteiger charge is 2.27. The molecule has 2 rings (SSSR count). The molecule has 1 saturated heterocycles. The van der Waals surface area contributed by atoms with Gasteiger partial charge in [-0.15, -0.1) is 0 Å². The minimum atomic E-state index is -3.51. The molecule has 1 aliphatic heterocycles. The second-order valence-electron chi connectivity index (χ2n) is 5.73. The average Bonchev–Trinajstić information content (AvgIpc) is 2.52. The summed E-state index contributed by atoms with van der Waals surface area (Å²) in [7, 11) is -3.51. The number of halogens is 1. The van der Waals surface area contributed by atoms with Gasteiger partial charge in [-0.1, -0.05) is 15.9 Å². The zero-order chi connectivity index (χ0) is 17.0. The van der Waals surface area contributed by atoms with Gasteiger partial charge < -0.3 is 9.80 Å². The Morgan fingerprint density at radius 3 is 2.30 bits per heavy atom. The monoisotopic (exact) mass is 404 g/mol. The van der Waals surface area contributed by atoms with Crippen molar-refractivity contribution in [2.75, 3.05) is 49.8 Å². The second kappa shape index (κ2) is 7.63. The number of nitrogens with one attached hydrogen (secondary N) is 1. The Morgan fingerprint density at radius 1 is 1.26 bits per heavy atom. The predicted molar refractivity (Wildman–Crippen MR) is 94.1 cm³/mol. The van der Waals surface area contributed by atoms with Crippen molar-refractivity contribution in [3.05, 3.63) is 28.7 Å². The number of likely N-dealkylation sites (N-methyl/N-ethyl adjacent to an activating group) is 1. The third-order valence-electron chi connectivity index (χ3n) is 4.12. The number of hydrogen-bond acceptors (Lipinski definition) is 3. The van der Waals surface area contributed by atoms with Crippen LogP contribution in [0, 0.1) is 0 Å². The van der Waals surface area contributed by atoms with Gasteiger partial charge in [0, 0.05) is 4.47 Å². The van der Waals surface area contributed by atoms with E-state index < -0.39 is 10.0 Å². The zero-order valence-electron chi connectivity index (χ0n) is 13.5. The fraction of sp³-hybridized carbons (Fsp3) is 0.533. The number of hydrogen-bond donors (Lipinski definition) is 1. The van der Waals surface area contributed by atoms with Crippen LogP contribution in [0.5, 0.6) is 0 Å². The number of carbonyl (C=O) groups is 1. The molecule has 0 radical (unpaired) electrons. The number of rotatable bonds is 5. The van der Waals surface area contributed by atoms with Gasteiger partial charge in [-0.25, -0.2) is 8.42 Å². The Morgan fingerprint density at radius 2 is 1.83 bits per heavy atom. The third-order valence-corrected chi connectivity index (χ3v) is 5.79. The van der Waals surface area contributed by atoms with Gasteiger partial charge in [0.1, 0.15) is 6.54 Å². The summed E-state index contributed by atoms with van der Waals surface area (Å²) in [5.41, 5.74) is 0.502. The van der Waals surface area contributed by atoms with E-state index in [1.165, 1.54) is 9.21 Å². The number of quaternary nitrogens is 1. The molecule has 1 amide bonds. The van der Waals surface area contributed by atoms with E-state index in [1.807, 2.05) is 0 Å². The Balaban J connectivity index is 2.10. The molecule has 0 atom stereocenters. The fourth-order valence-corrected chi connectivity index (χ4v) is 3.77. The molecule has 0 saturated carbocycles. The third kappa shape index (κ3) is 4.92. The van der Waals surface area contributed by atoms with Crippen LogP contribution in [0.4, 0.5) is 5.69 Å². The van der Waals surface area contributed by atoms with Crippen molar-refractivity contribution in [1.82, 2.24) is 4.90 Å². The molecule has 1 aromatic carbocycles. The van der Waals surface area contributed by atoms with E-state index in [-0.39, 0.29) is 12.5 Å². The summed E-state index contributed by atoms with van der Waals surface area (Å²) in [6.07, 6.45) is 1.13. The van der Waals surface area contributed by atoms with Gasteiger partial charge >= 0.3 is 0 Å². The van der Waals surface area contributed by atoms with E-state index in [4.69, 9.17) is 0 Å². The maximum absolute atomic E-state index is 12.5. The molecule has 128 valence electrons. The molecule has 6 nitrogen and oxygen atoms in total. The highest BCUT2D eigenvalue weighted by Crippen LogP contribution is 2.20. The van der Waals surface area contributed by atoms with Gasteiger partial charge in [-0.3, -0.25) is 9.10 Å². The van der Waals surface area contributed by atoms with E-state index in [9.17, 15) is 13.2 Å². The molecule has 8 heteroatoms. The first-order valence-electron chi connectivity index (χ1n) is 7.66. The molecule has 1 N–H and O–H groups in total. The van der Waals surface area contributed by atoms with Gasteiger partial charge in [0.05, 0.1) is 44.7 Å². The van der Waals surface area contributed by atoms with Crippen molar-refractivity contribution in [2.45, 2.75) is 6.92 Å². The van der Waals surface area contributed by atoms with Gasteiger partial charge in [0.15, 0.2) is 0 Å². The zero-order valence-corrected chi connectivity index (χ0v) is 15.9. The minimum Gasteiger partial charge on any atom is -0.332 e. The quantitative estimate of drug-likeness (QED) is 0.748. The number of carbonyl (C=O) groups excluding carboxylic acids is 1. The summed E-state index contributed by atoms with van der Waals surface area (Å²) in [6.45, 7) is 6.22. The Kier molecular flexibility index (Phi) is 6.05. The summed E-state index contributed by atoms with van der Waals surface area (Å²) in [6, 6.07) is 6.91. The molecule has 0 aromatic heterocycles. The second-order valence-corrected chi connectivity index (χ2v) is 8.55. The standard InChI is InChI=1S/C15H22BrN3O3S/c1-3-17-8-10-18(11-9-17)15(20)12-19(23(2,21)22)14-6-4-13(16)5-7-14/h4-7H,3,8-12H2,1-2H3/p+1. The smallest absolute Gasteiger partial charge is 0.243 e. The maximum atomic E-state index is 12.5. The van der Waals surface area contributed by atoms with Crippen LogP contribution in [0.15, 0.2) is 28.7 Å². The normalized spacial score (nSPS) is 16.4. The van der Waals surface area contributed by atoms with E-state index >= 15 is 0 Å². The molecule has 0 bridgehead atoms. The number of amides is 1. The van der Waals surface area contributed by atoms with Crippen LogP contribution in [0.1, 0.15) is 6.92 Å². The highest BCUT2D eigenvalue weighted by atomic mass is 79.9. The van der Waals surface area contributed by atoms with Crippen LogP contribution in [0.2, 0.25) is 0 Å². The summed E-state index contributed by atoms with van der Waals surface area (Å²) in [5.74, 6) is -0.145. The molecule has 1 fully saturated rings. The molecule has 0 aliphatic carbocycles. The predicted octanol–water partition coefficient (Wildman–Crippen LogP) is -0.0379. The summed E-state index contributed by atoms with van der Waals surface area (Å²) < 4.78 is 26.2.